The number of benzene rings is 1. The SMILES string of the molecule is COCc1cccc(NC2CCCC2(C)C)c1. The number of anilines is 1. The first-order chi connectivity index (χ1) is 8.12. The third-order valence-corrected chi connectivity index (χ3v) is 3.84. The zero-order valence-corrected chi connectivity index (χ0v) is 11.1. The van der Waals surface area contributed by atoms with Crippen molar-refractivity contribution in [3.8, 4) is 0 Å². The van der Waals surface area contributed by atoms with Crippen LogP contribution in [0.1, 0.15) is 38.7 Å². The van der Waals surface area contributed by atoms with Gasteiger partial charge >= 0.3 is 0 Å². The zero-order valence-electron chi connectivity index (χ0n) is 11.1. The van der Waals surface area contributed by atoms with Crippen molar-refractivity contribution in [2.45, 2.75) is 45.8 Å². The van der Waals surface area contributed by atoms with Gasteiger partial charge in [-0.15, -0.1) is 0 Å². The van der Waals surface area contributed by atoms with Crippen LogP contribution in [0.5, 0.6) is 0 Å². The Morgan fingerprint density at radius 2 is 2.24 bits per heavy atom. The van der Waals surface area contributed by atoms with Gasteiger partial charge in [0, 0.05) is 18.8 Å². The fourth-order valence-electron chi connectivity index (χ4n) is 2.71. The summed E-state index contributed by atoms with van der Waals surface area (Å²) in [7, 11) is 1.74. The molecule has 0 radical (unpaired) electrons. The van der Waals surface area contributed by atoms with Gasteiger partial charge in [0.05, 0.1) is 6.61 Å². The molecule has 1 atom stereocenters. The molecule has 1 unspecified atom stereocenters. The van der Waals surface area contributed by atoms with Crippen molar-refractivity contribution in [2.24, 2.45) is 5.41 Å². The van der Waals surface area contributed by atoms with Crippen LogP contribution in [0, 0.1) is 5.41 Å². The molecule has 0 heterocycles. The first-order valence-corrected chi connectivity index (χ1v) is 6.46. The van der Waals surface area contributed by atoms with E-state index in [1.165, 1.54) is 30.5 Å². The number of rotatable bonds is 4. The van der Waals surface area contributed by atoms with Gasteiger partial charge in [-0.3, -0.25) is 0 Å². The Labute approximate surface area is 104 Å². The molecule has 0 bridgehead atoms. The highest BCUT2D eigenvalue weighted by molar-refractivity contribution is 5.47. The normalized spacial score (nSPS) is 22.6. The fraction of sp³-hybridized carbons (Fsp3) is 0.600. The lowest BCUT2D eigenvalue weighted by Gasteiger charge is -2.28. The van der Waals surface area contributed by atoms with E-state index >= 15 is 0 Å². The van der Waals surface area contributed by atoms with E-state index < -0.39 is 0 Å². The zero-order chi connectivity index (χ0) is 12.3. The highest BCUT2D eigenvalue weighted by atomic mass is 16.5. The second-order valence-electron chi connectivity index (χ2n) is 5.71. The molecule has 1 aromatic carbocycles. The number of methoxy groups -OCH3 is 1. The molecule has 1 saturated carbocycles. The standard InChI is InChI=1S/C15H23NO/c1-15(2)9-5-8-14(15)16-13-7-4-6-12(10-13)11-17-3/h4,6-7,10,14,16H,5,8-9,11H2,1-3H3. The molecule has 0 spiro atoms. The summed E-state index contributed by atoms with van der Waals surface area (Å²) in [6.07, 6.45) is 3.94. The smallest absolute Gasteiger partial charge is 0.0713 e. The highest BCUT2D eigenvalue weighted by Gasteiger charge is 2.34. The van der Waals surface area contributed by atoms with Crippen molar-refractivity contribution >= 4 is 5.69 Å². The number of hydrogen-bond acceptors (Lipinski definition) is 2. The molecule has 0 saturated heterocycles. The second kappa shape index (κ2) is 5.09. The van der Waals surface area contributed by atoms with Gasteiger partial charge in [0.25, 0.3) is 0 Å². The van der Waals surface area contributed by atoms with Crippen LogP contribution in [0.3, 0.4) is 0 Å². The summed E-state index contributed by atoms with van der Waals surface area (Å²) in [4.78, 5) is 0. The summed E-state index contributed by atoms with van der Waals surface area (Å²) in [5.74, 6) is 0. The Kier molecular flexibility index (Phi) is 3.72. The van der Waals surface area contributed by atoms with E-state index in [2.05, 4.69) is 43.4 Å². The van der Waals surface area contributed by atoms with Crippen LogP contribution in [0.15, 0.2) is 24.3 Å². The van der Waals surface area contributed by atoms with Crippen LogP contribution < -0.4 is 5.32 Å². The van der Waals surface area contributed by atoms with E-state index in [0.29, 0.717) is 18.1 Å². The van der Waals surface area contributed by atoms with Gasteiger partial charge in [0.2, 0.25) is 0 Å². The van der Waals surface area contributed by atoms with E-state index in [9.17, 15) is 0 Å². The molecule has 0 aliphatic heterocycles. The van der Waals surface area contributed by atoms with Crippen LogP contribution in [0.25, 0.3) is 0 Å². The summed E-state index contributed by atoms with van der Waals surface area (Å²) in [6, 6.07) is 9.14. The summed E-state index contributed by atoms with van der Waals surface area (Å²) in [6.45, 7) is 5.40. The second-order valence-corrected chi connectivity index (χ2v) is 5.71. The first-order valence-electron chi connectivity index (χ1n) is 6.46. The van der Waals surface area contributed by atoms with Crippen molar-refractivity contribution in [3.63, 3.8) is 0 Å². The topological polar surface area (TPSA) is 21.3 Å². The molecule has 94 valence electrons. The molecule has 17 heavy (non-hydrogen) atoms. The minimum Gasteiger partial charge on any atom is -0.382 e. The van der Waals surface area contributed by atoms with E-state index in [1.807, 2.05) is 0 Å². The van der Waals surface area contributed by atoms with Crippen molar-refractivity contribution in [1.29, 1.82) is 0 Å². The van der Waals surface area contributed by atoms with Crippen molar-refractivity contribution < 1.29 is 4.74 Å². The van der Waals surface area contributed by atoms with Gasteiger partial charge in [-0.1, -0.05) is 32.4 Å². The van der Waals surface area contributed by atoms with Crippen LogP contribution in [0.2, 0.25) is 0 Å². The average Bonchev–Trinajstić information content (AvgIpc) is 2.59. The quantitative estimate of drug-likeness (QED) is 0.853. The summed E-state index contributed by atoms with van der Waals surface area (Å²) in [5.41, 5.74) is 2.87. The van der Waals surface area contributed by atoms with E-state index in [0.717, 1.165) is 0 Å². The van der Waals surface area contributed by atoms with Gasteiger partial charge in [0.1, 0.15) is 0 Å². The maximum absolute atomic E-state index is 5.17. The lowest BCUT2D eigenvalue weighted by molar-refractivity contribution is 0.185. The molecule has 1 fully saturated rings. The summed E-state index contributed by atoms with van der Waals surface area (Å²) < 4.78 is 5.17. The Morgan fingerprint density at radius 1 is 1.41 bits per heavy atom. The van der Waals surface area contributed by atoms with E-state index in [4.69, 9.17) is 4.74 Å². The number of nitrogens with one attached hydrogen (secondary N) is 1. The van der Waals surface area contributed by atoms with Gasteiger partial charge in [0.15, 0.2) is 0 Å². The third-order valence-electron chi connectivity index (χ3n) is 3.84. The first kappa shape index (κ1) is 12.4. The third kappa shape index (κ3) is 3.01. The predicted molar refractivity (Wildman–Crippen MR) is 72.2 cm³/mol. The number of hydrogen-bond donors (Lipinski definition) is 1. The Bertz CT molecular complexity index is 373. The highest BCUT2D eigenvalue weighted by Crippen LogP contribution is 2.39. The van der Waals surface area contributed by atoms with Gasteiger partial charge in [-0.2, -0.15) is 0 Å². The molecule has 1 N–H and O–H groups in total. The predicted octanol–water partition coefficient (Wildman–Crippen LogP) is 3.82. The summed E-state index contributed by atoms with van der Waals surface area (Å²) in [5, 5.41) is 3.67. The van der Waals surface area contributed by atoms with Crippen molar-refractivity contribution in [3.05, 3.63) is 29.8 Å². The molecular weight excluding hydrogens is 210 g/mol. The molecule has 0 amide bonds. The van der Waals surface area contributed by atoms with Gasteiger partial charge in [-0.05, 0) is 36.0 Å². The number of ether oxygens (including phenoxy) is 1. The lowest BCUT2D eigenvalue weighted by Crippen LogP contribution is -2.30. The van der Waals surface area contributed by atoms with Crippen LogP contribution in [-0.4, -0.2) is 13.2 Å². The van der Waals surface area contributed by atoms with Crippen LogP contribution >= 0.6 is 0 Å². The molecule has 2 heteroatoms. The van der Waals surface area contributed by atoms with Gasteiger partial charge in [-0.25, -0.2) is 0 Å². The Hall–Kier alpha value is -1.02. The summed E-state index contributed by atoms with van der Waals surface area (Å²) >= 11 is 0. The molecule has 2 rings (SSSR count). The molecule has 1 aliphatic carbocycles. The molecule has 1 aromatic rings. The minimum absolute atomic E-state index is 0.414. The Morgan fingerprint density at radius 3 is 2.88 bits per heavy atom. The van der Waals surface area contributed by atoms with Crippen molar-refractivity contribution in [2.75, 3.05) is 12.4 Å². The maximum atomic E-state index is 5.17. The molecular formula is C15H23NO. The lowest BCUT2D eigenvalue weighted by atomic mass is 9.87. The largest absolute Gasteiger partial charge is 0.382 e. The van der Waals surface area contributed by atoms with E-state index in [1.54, 1.807) is 7.11 Å². The minimum atomic E-state index is 0.414. The average molecular weight is 233 g/mol. The molecule has 1 aliphatic rings. The van der Waals surface area contributed by atoms with Crippen LogP contribution in [-0.2, 0) is 11.3 Å². The van der Waals surface area contributed by atoms with Gasteiger partial charge < -0.3 is 10.1 Å². The van der Waals surface area contributed by atoms with Crippen molar-refractivity contribution in [1.82, 2.24) is 0 Å². The van der Waals surface area contributed by atoms with Crippen LogP contribution in [0.4, 0.5) is 5.69 Å². The fourth-order valence-corrected chi connectivity index (χ4v) is 2.71. The monoisotopic (exact) mass is 233 g/mol. The Balaban J connectivity index is 2.05. The van der Waals surface area contributed by atoms with E-state index in [-0.39, 0.29) is 0 Å². The maximum Gasteiger partial charge on any atom is 0.0713 e. The molecule has 2 nitrogen and oxygen atoms in total. The molecule has 0 aromatic heterocycles.